The summed E-state index contributed by atoms with van der Waals surface area (Å²) in [6.45, 7) is 7.22. The summed E-state index contributed by atoms with van der Waals surface area (Å²) >= 11 is 0. The van der Waals surface area contributed by atoms with Crippen LogP contribution in [0.1, 0.15) is 42.3 Å². The lowest BCUT2D eigenvalue weighted by molar-refractivity contribution is -0.129. The van der Waals surface area contributed by atoms with Crippen LogP contribution in [0.2, 0.25) is 0 Å². The van der Waals surface area contributed by atoms with E-state index >= 15 is 0 Å². The van der Waals surface area contributed by atoms with Gasteiger partial charge < -0.3 is 13.9 Å². The van der Waals surface area contributed by atoms with Gasteiger partial charge in [0.15, 0.2) is 12.4 Å². The molecule has 0 aliphatic heterocycles. The van der Waals surface area contributed by atoms with Gasteiger partial charge in [-0.05, 0) is 42.3 Å². The number of hydrogen-bond acceptors (Lipinski definition) is 6. The first kappa shape index (κ1) is 21.3. The summed E-state index contributed by atoms with van der Waals surface area (Å²) in [5.41, 5.74) is 1.58. The molecule has 0 spiro atoms. The van der Waals surface area contributed by atoms with Crippen LogP contribution in [0.5, 0.6) is 5.75 Å². The molecule has 0 fully saturated rings. The van der Waals surface area contributed by atoms with Crippen molar-refractivity contribution in [3.8, 4) is 5.75 Å². The van der Waals surface area contributed by atoms with Crippen molar-refractivity contribution in [2.24, 2.45) is 5.41 Å². The summed E-state index contributed by atoms with van der Waals surface area (Å²) in [5.74, 6) is -0.109. The Kier molecular flexibility index (Phi) is 6.06. The third-order valence-electron chi connectivity index (χ3n) is 4.69. The van der Waals surface area contributed by atoms with Crippen molar-refractivity contribution in [1.29, 1.82) is 0 Å². The quantitative estimate of drug-likeness (QED) is 0.443. The average molecular weight is 408 g/mol. The van der Waals surface area contributed by atoms with Crippen molar-refractivity contribution < 1.29 is 23.5 Å². The first-order valence-electron chi connectivity index (χ1n) is 9.60. The number of hydrogen-bond donors (Lipinski definition) is 0. The predicted octanol–water partition coefficient (Wildman–Crippen LogP) is 4.45. The monoisotopic (exact) mass is 408 g/mol. The van der Waals surface area contributed by atoms with Gasteiger partial charge in [-0.25, -0.2) is 9.59 Å². The Bertz CT molecular complexity index is 1130. The Morgan fingerprint density at radius 3 is 2.37 bits per heavy atom. The molecule has 156 valence electrons. The number of carbonyl (C=O) groups excluding carboxylic acids is 2. The Morgan fingerprint density at radius 2 is 1.70 bits per heavy atom. The van der Waals surface area contributed by atoms with E-state index in [0.29, 0.717) is 16.9 Å². The second kappa shape index (κ2) is 8.53. The highest BCUT2D eigenvalue weighted by molar-refractivity contribution is 5.92. The summed E-state index contributed by atoms with van der Waals surface area (Å²) in [7, 11) is 0. The van der Waals surface area contributed by atoms with Crippen molar-refractivity contribution in [3.63, 3.8) is 0 Å². The Balaban J connectivity index is 1.61. The number of Topliss-reactive ketones (excluding diaryl/α,β-unsaturated/α-hetero) is 1. The van der Waals surface area contributed by atoms with Gasteiger partial charge in [0.25, 0.3) is 0 Å². The zero-order valence-corrected chi connectivity index (χ0v) is 17.5. The number of ketones is 1. The number of ether oxygens (including phenoxy) is 2. The Labute approximate surface area is 174 Å². The molecule has 3 rings (SSSR count). The first-order chi connectivity index (χ1) is 14.1. The van der Waals surface area contributed by atoms with Crippen LogP contribution in [-0.4, -0.2) is 18.4 Å². The maximum atomic E-state index is 12.1. The van der Waals surface area contributed by atoms with Gasteiger partial charge in [-0.1, -0.05) is 32.9 Å². The molecule has 3 aromatic rings. The zero-order valence-electron chi connectivity index (χ0n) is 17.5. The average Bonchev–Trinajstić information content (AvgIpc) is 2.69. The number of esters is 1. The SMILES string of the molecule is Cc1cc(=O)oc2cc(OCc3ccc(C(=O)OCC(=O)C(C)(C)C)cc3)ccc12. The van der Waals surface area contributed by atoms with E-state index in [4.69, 9.17) is 13.9 Å². The number of aryl methyl sites for hydroxylation is 1. The van der Waals surface area contributed by atoms with Crippen molar-refractivity contribution in [3.05, 3.63) is 75.6 Å². The van der Waals surface area contributed by atoms with Crippen molar-refractivity contribution in [2.75, 3.05) is 6.61 Å². The molecular formula is C24H24O6. The fraction of sp³-hybridized carbons (Fsp3) is 0.292. The summed E-state index contributed by atoms with van der Waals surface area (Å²) < 4.78 is 16.1. The Morgan fingerprint density at radius 1 is 1.00 bits per heavy atom. The maximum absolute atomic E-state index is 12.1. The second-order valence-corrected chi connectivity index (χ2v) is 8.14. The number of benzene rings is 2. The lowest BCUT2D eigenvalue weighted by Gasteiger charge is -2.16. The molecule has 0 N–H and O–H groups in total. The summed E-state index contributed by atoms with van der Waals surface area (Å²) in [6, 6.07) is 13.6. The third kappa shape index (κ3) is 5.14. The van der Waals surface area contributed by atoms with E-state index in [1.165, 1.54) is 6.07 Å². The van der Waals surface area contributed by atoms with Crippen LogP contribution < -0.4 is 10.4 Å². The van der Waals surface area contributed by atoms with Crippen molar-refractivity contribution in [1.82, 2.24) is 0 Å². The van der Waals surface area contributed by atoms with E-state index in [1.54, 1.807) is 51.1 Å². The van der Waals surface area contributed by atoms with E-state index in [-0.39, 0.29) is 19.0 Å². The molecule has 0 bridgehead atoms. The highest BCUT2D eigenvalue weighted by atomic mass is 16.5. The molecule has 0 saturated carbocycles. The molecule has 1 heterocycles. The summed E-state index contributed by atoms with van der Waals surface area (Å²) in [6.07, 6.45) is 0. The van der Waals surface area contributed by atoms with Crippen molar-refractivity contribution in [2.45, 2.75) is 34.3 Å². The molecule has 0 amide bonds. The van der Waals surface area contributed by atoms with Gasteiger partial charge in [-0.15, -0.1) is 0 Å². The van der Waals surface area contributed by atoms with Crippen LogP contribution >= 0.6 is 0 Å². The minimum absolute atomic E-state index is 0.137. The highest BCUT2D eigenvalue weighted by Gasteiger charge is 2.22. The number of fused-ring (bicyclic) bond motifs is 1. The van der Waals surface area contributed by atoms with Gasteiger partial charge in [0.05, 0.1) is 5.56 Å². The highest BCUT2D eigenvalue weighted by Crippen LogP contribution is 2.23. The molecule has 0 aliphatic rings. The van der Waals surface area contributed by atoms with Gasteiger partial charge in [0, 0.05) is 22.9 Å². The van der Waals surface area contributed by atoms with Crippen LogP contribution in [0, 0.1) is 12.3 Å². The molecule has 0 saturated heterocycles. The largest absolute Gasteiger partial charge is 0.489 e. The Hall–Kier alpha value is -3.41. The third-order valence-corrected chi connectivity index (χ3v) is 4.69. The molecule has 0 aliphatic carbocycles. The van der Waals surface area contributed by atoms with Crippen LogP contribution in [0.25, 0.3) is 11.0 Å². The van der Waals surface area contributed by atoms with E-state index in [1.807, 2.05) is 19.1 Å². The topological polar surface area (TPSA) is 82.8 Å². The zero-order chi connectivity index (χ0) is 21.9. The molecule has 6 heteroatoms. The molecule has 30 heavy (non-hydrogen) atoms. The standard InChI is InChI=1S/C24H24O6/c1-15-11-22(26)30-20-12-18(9-10-19(15)20)28-13-16-5-7-17(8-6-16)23(27)29-14-21(25)24(2,3)4/h5-12H,13-14H2,1-4H3. The molecule has 0 atom stereocenters. The molecule has 2 aromatic carbocycles. The number of rotatable bonds is 6. The van der Waals surface area contributed by atoms with Gasteiger partial charge >= 0.3 is 11.6 Å². The van der Waals surface area contributed by atoms with Gasteiger partial charge in [0.1, 0.15) is 17.9 Å². The molecule has 6 nitrogen and oxygen atoms in total. The van der Waals surface area contributed by atoms with E-state index in [2.05, 4.69) is 0 Å². The van der Waals surface area contributed by atoms with E-state index in [0.717, 1.165) is 16.5 Å². The second-order valence-electron chi connectivity index (χ2n) is 8.14. The molecule has 0 radical (unpaired) electrons. The van der Waals surface area contributed by atoms with Gasteiger partial charge in [-0.3, -0.25) is 4.79 Å². The van der Waals surface area contributed by atoms with E-state index in [9.17, 15) is 14.4 Å². The smallest absolute Gasteiger partial charge is 0.338 e. The van der Waals surface area contributed by atoms with Crippen LogP contribution in [0.15, 0.2) is 57.7 Å². The minimum atomic E-state index is -0.550. The van der Waals surface area contributed by atoms with E-state index < -0.39 is 17.0 Å². The van der Waals surface area contributed by atoms with Gasteiger partial charge in [0.2, 0.25) is 0 Å². The fourth-order valence-electron chi connectivity index (χ4n) is 2.73. The lowest BCUT2D eigenvalue weighted by Crippen LogP contribution is -2.26. The molecule has 0 unspecified atom stereocenters. The van der Waals surface area contributed by atoms with Crippen molar-refractivity contribution >= 4 is 22.7 Å². The summed E-state index contributed by atoms with van der Waals surface area (Å²) in [4.78, 5) is 35.5. The summed E-state index contributed by atoms with van der Waals surface area (Å²) in [5, 5.41) is 0.856. The van der Waals surface area contributed by atoms with Gasteiger partial charge in [-0.2, -0.15) is 0 Å². The molecular weight excluding hydrogens is 384 g/mol. The lowest BCUT2D eigenvalue weighted by atomic mass is 9.91. The normalized spacial score (nSPS) is 11.3. The van der Waals surface area contributed by atoms with Crippen LogP contribution in [0.3, 0.4) is 0 Å². The molecule has 1 aromatic heterocycles. The predicted molar refractivity (Wildman–Crippen MR) is 113 cm³/mol. The maximum Gasteiger partial charge on any atom is 0.338 e. The van der Waals surface area contributed by atoms with Crippen LogP contribution in [0.4, 0.5) is 0 Å². The number of carbonyl (C=O) groups is 2. The first-order valence-corrected chi connectivity index (χ1v) is 9.60. The van der Waals surface area contributed by atoms with Crippen LogP contribution in [-0.2, 0) is 16.1 Å². The minimum Gasteiger partial charge on any atom is -0.489 e. The fourth-order valence-corrected chi connectivity index (χ4v) is 2.73.